The Kier molecular flexibility index (Phi) is 47.1. The monoisotopic (exact) mass is 820 g/mol. The smallest absolute Gasteiger partial charge is 0.305 e. The van der Waals surface area contributed by atoms with Crippen LogP contribution in [0.15, 0.2) is 12.2 Å². The van der Waals surface area contributed by atoms with Crippen molar-refractivity contribution in [2.45, 2.75) is 296 Å². The van der Waals surface area contributed by atoms with Crippen LogP contribution in [0.2, 0.25) is 0 Å². The Morgan fingerprint density at radius 2 is 0.810 bits per heavy atom. The number of hydrogen-bond acceptors (Lipinski definition) is 5. The molecular formula is C52H101NO5. The Morgan fingerprint density at radius 1 is 0.466 bits per heavy atom. The Hall–Kier alpha value is -1.40. The number of aliphatic hydroxyl groups is 2. The van der Waals surface area contributed by atoms with E-state index < -0.39 is 12.1 Å². The number of aliphatic hydroxyl groups excluding tert-OH is 2. The number of esters is 1. The molecule has 58 heavy (non-hydrogen) atoms. The van der Waals surface area contributed by atoms with Crippen LogP contribution in [0.5, 0.6) is 0 Å². The molecule has 0 aliphatic rings. The van der Waals surface area contributed by atoms with E-state index in [0.29, 0.717) is 25.9 Å². The van der Waals surface area contributed by atoms with Crippen molar-refractivity contribution in [3.05, 3.63) is 12.2 Å². The SMILES string of the molecule is CCCCCCCCCCCCCCCCCCC(=O)OCCCC/C=C\CCCCCCC(=O)NC(CO)C(O)CCCCCCCCCCCCCCCCC. The van der Waals surface area contributed by atoms with Gasteiger partial charge in [-0.3, -0.25) is 9.59 Å². The summed E-state index contributed by atoms with van der Waals surface area (Å²) in [6.45, 7) is 4.88. The molecule has 0 rings (SSSR count). The average molecular weight is 820 g/mol. The lowest BCUT2D eigenvalue weighted by molar-refractivity contribution is -0.143. The van der Waals surface area contributed by atoms with E-state index in [1.54, 1.807) is 0 Å². The largest absolute Gasteiger partial charge is 0.466 e. The van der Waals surface area contributed by atoms with Crippen LogP contribution in [-0.2, 0) is 14.3 Å². The van der Waals surface area contributed by atoms with Gasteiger partial charge in [0.2, 0.25) is 5.91 Å². The van der Waals surface area contributed by atoms with Crippen molar-refractivity contribution >= 4 is 11.9 Å². The van der Waals surface area contributed by atoms with Gasteiger partial charge in [0.25, 0.3) is 0 Å². The second-order valence-corrected chi connectivity index (χ2v) is 17.9. The molecular weight excluding hydrogens is 719 g/mol. The van der Waals surface area contributed by atoms with Crippen molar-refractivity contribution in [3.63, 3.8) is 0 Å². The highest BCUT2D eigenvalue weighted by Crippen LogP contribution is 2.17. The highest BCUT2D eigenvalue weighted by Gasteiger charge is 2.20. The van der Waals surface area contributed by atoms with Gasteiger partial charge < -0.3 is 20.3 Å². The summed E-state index contributed by atoms with van der Waals surface area (Å²) in [4.78, 5) is 24.5. The molecule has 3 N–H and O–H groups in total. The van der Waals surface area contributed by atoms with Crippen LogP contribution in [-0.4, -0.2) is 47.4 Å². The maximum absolute atomic E-state index is 12.4. The minimum Gasteiger partial charge on any atom is -0.466 e. The molecule has 0 fully saturated rings. The molecule has 0 aliphatic carbocycles. The molecule has 0 saturated heterocycles. The van der Waals surface area contributed by atoms with Gasteiger partial charge in [0.1, 0.15) is 0 Å². The number of rotatable bonds is 48. The number of ether oxygens (including phenoxy) is 1. The maximum Gasteiger partial charge on any atom is 0.305 e. The number of amides is 1. The lowest BCUT2D eigenvalue weighted by atomic mass is 10.0. The summed E-state index contributed by atoms with van der Waals surface area (Å²) in [7, 11) is 0. The predicted molar refractivity (Wildman–Crippen MR) is 250 cm³/mol. The third-order valence-electron chi connectivity index (χ3n) is 12.1. The molecule has 1 amide bonds. The van der Waals surface area contributed by atoms with Crippen LogP contribution >= 0.6 is 0 Å². The van der Waals surface area contributed by atoms with E-state index in [2.05, 4.69) is 31.3 Å². The lowest BCUT2D eigenvalue weighted by Crippen LogP contribution is -2.45. The van der Waals surface area contributed by atoms with Gasteiger partial charge in [0.05, 0.1) is 25.4 Å². The Morgan fingerprint density at radius 3 is 1.22 bits per heavy atom. The van der Waals surface area contributed by atoms with Crippen LogP contribution < -0.4 is 5.32 Å². The van der Waals surface area contributed by atoms with Gasteiger partial charge in [-0.2, -0.15) is 0 Å². The van der Waals surface area contributed by atoms with Crippen LogP contribution in [0.3, 0.4) is 0 Å². The highest BCUT2D eigenvalue weighted by atomic mass is 16.5. The minimum atomic E-state index is -0.684. The quantitative estimate of drug-likeness (QED) is 0.0323. The fourth-order valence-electron chi connectivity index (χ4n) is 8.05. The van der Waals surface area contributed by atoms with Gasteiger partial charge in [-0.25, -0.2) is 0 Å². The molecule has 0 aromatic carbocycles. The first kappa shape index (κ1) is 56.6. The molecule has 0 bridgehead atoms. The molecule has 6 heteroatoms. The van der Waals surface area contributed by atoms with E-state index in [0.717, 1.165) is 77.0 Å². The molecule has 2 unspecified atom stereocenters. The van der Waals surface area contributed by atoms with Crippen molar-refractivity contribution in [1.82, 2.24) is 5.32 Å². The van der Waals surface area contributed by atoms with Gasteiger partial charge >= 0.3 is 5.97 Å². The number of hydrogen-bond donors (Lipinski definition) is 3. The van der Waals surface area contributed by atoms with Crippen LogP contribution in [0.4, 0.5) is 0 Å². The molecule has 0 aliphatic heterocycles. The molecule has 0 heterocycles. The van der Waals surface area contributed by atoms with Gasteiger partial charge in [-0.05, 0) is 51.4 Å². The predicted octanol–water partition coefficient (Wildman–Crippen LogP) is 15.3. The number of unbranched alkanes of at least 4 members (excludes halogenated alkanes) is 35. The first-order valence-electron chi connectivity index (χ1n) is 25.9. The van der Waals surface area contributed by atoms with Crippen molar-refractivity contribution in [2.24, 2.45) is 0 Å². The minimum absolute atomic E-state index is 0.0326. The van der Waals surface area contributed by atoms with Crippen molar-refractivity contribution in [3.8, 4) is 0 Å². The molecule has 0 saturated carbocycles. The fraction of sp³-hybridized carbons (Fsp3) is 0.923. The van der Waals surface area contributed by atoms with Crippen LogP contribution in [0.25, 0.3) is 0 Å². The number of carbonyl (C=O) groups excluding carboxylic acids is 2. The maximum atomic E-state index is 12.4. The molecule has 6 nitrogen and oxygen atoms in total. The summed E-state index contributed by atoms with van der Waals surface area (Å²) < 4.78 is 5.44. The van der Waals surface area contributed by atoms with Gasteiger partial charge in [0.15, 0.2) is 0 Å². The molecule has 0 aromatic rings. The third-order valence-corrected chi connectivity index (χ3v) is 12.1. The zero-order valence-electron chi connectivity index (χ0n) is 39.0. The summed E-state index contributed by atoms with van der Waals surface area (Å²) in [5.74, 6) is -0.102. The summed E-state index contributed by atoms with van der Waals surface area (Å²) in [5, 5.41) is 23.2. The van der Waals surface area contributed by atoms with Crippen LogP contribution in [0, 0.1) is 0 Å². The first-order chi connectivity index (χ1) is 28.5. The van der Waals surface area contributed by atoms with E-state index in [1.807, 2.05) is 0 Å². The second-order valence-electron chi connectivity index (χ2n) is 17.9. The molecule has 2 atom stereocenters. The van der Waals surface area contributed by atoms with E-state index in [9.17, 15) is 19.8 Å². The Bertz CT molecular complexity index is 863. The third kappa shape index (κ3) is 44.2. The zero-order chi connectivity index (χ0) is 42.3. The first-order valence-corrected chi connectivity index (χ1v) is 25.9. The van der Waals surface area contributed by atoms with Crippen molar-refractivity contribution in [1.29, 1.82) is 0 Å². The fourth-order valence-corrected chi connectivity index (χ4v) is 8.05. The summed E-state index contributed by atoms with van der Waals surface area (Å²) in [6, 6.07) is -0.565. The standard InChI is InChI=1S/C52H101NO5/c1-3-5-7-9-11-13-15-17-19-21-23-25-30-34-38-42-46-52(57)58-47-43-39-35-31-27-26-29-33-37-41-45-51(56)53-49(48-54)50(55)44-40-36-32-28-24-22-20-18-16-14-12-10-8-6-4-2/h27,31,49-50,54-55H,3-26,28-30,32-48H2,1-2H3,(H,53,56)/b31-27-. The zero-order valence-corrected chi connectivity index (χ0v) is 39.0. The van der Waals surface area contributed by atoms with Crippen molar-refractivity contribution in [2.75, 3.05) is 13.2 Å². The molecule has 0 radical (unpaired) electrons. The van der Waals surface area contributed by atoms with Crippen molar-refractivity contribution < 1.29 is 24.5 Å². The average Bonchev–Trinajstić information content (AvgIpc) is 3.22. The van der Waals surface area contributed by atoms with Crippen LogP contribution in [0.1, 0.15) is 284 Å². The molecule has 0 aromatic heterocycles. The summed E-state index contributed by atoms with van der Waals surface area (Å²) >= 11 is 0. The summed E-state index contributed by atoms with van der Waals surface area (Å²) in [5.41, 5.74) is 0. The topological polar surface area (TPSA) is 95.9 Å². The Labute approximate surface area is 361 Å². The van der Waals surface area contributed by atoms with Gasteiger partial charge in [-0.15, -0.1) is 0 Å². The van der Waals surface area contributed by atoms with E-state index >= 15 is 0 Å². The van der Waals surface area contributed by atoms with Gasteiger partial charge in [-0.1, -0.05) is 231 Å². The van der Waals surface area contributed by atoms with Gasteiger partial charge in [0, 0.05) is 12.8 Å². The number of carbonyl (C=O) groups is 2. The lowest BCUT2D eigenvalue weighted by Gasteiger charge is -2.22. The molecule has 0 spiro atoms. The summed E-state index contributed by atoms with van der Waals surface area (Å²) in [6.07, 6.45) is 54.7. The second kappa shape index (κ2) is 48.3. The molecule has 344 valence electrons. The van der Waals surface area contributed by atoms with E-state index in [1.165, 1.54) is 173 Å². The van der Waals surface area contributed by atoms with E-state index in [-0.39, 0.29) is 18.5 Å². The Balaban J connectivity index is 3.50. The normalized spacial score (nSPS) is 12.7. The number of allylic oxidation sites excluding steroid dienone is 2. The van der Waals surface area contributed by atoms with E-state index in [4.69, 9.17) is 4.74 Å². The number of nitrogens with one attached hydrogen (secondary N) is 1. The highest BCUT2D eigenvalue weighted by molar-refractivity contribution is 5.76.